The second kappa shape index (κ2) is 8.50. The number of nitrogens with one attached hydrogen (secondary N) is 1. The van der Waals surface area contributed by atoms with Crippen molar-refractivity contribution in [3.05, 3.63) is 63.8 Å². The largest absolute Gasteiger partial charge is 0.478 e. The number of oxime groups is 1. The van der Waals surface area contributed by atoms with Gasteiger partial charge in [-0.05, 0) is 67.5 Å². The van der Waals surface area contributed by atoms with E-state index in [0.29, 0.717) is 28.6 Å². The Bertz CT molecular complexity index is 1150. The molecule has 1 fully saturated rings. The van der Waals surface area contributed by atoms with E-state index in [1.54, 1.807) is 18.2 Å². The zero-order valence-electron chi connectivity index (χ0n) is 15.9. The summed E-state index contributed by atoms with van der Waals surface area (Å²) in [7, 11) is 0. The van der Waals surface area contributed by atoms with Crippen molar-refractivity contribution in [3.63, 3.8) is 0 Å². The normalized spacial score (nSPS) is 16.5. The third-order valence-corrected chi connectivity index (χ3v) is 6.05. The molecular weight excluding hydrogens is 425 g/mol. The van der Waals surface area contributed by atoms with Crippen LogP contribution in [0.1, 0.15) is 47.5 Å². The van der Waals surface area contributed by atoms with Crippen molar-refractivity contribution in [1.82, 2.24) is 4.98 Å². The number of aromatic carboxylic acids is 1. The number of pyridine rings is 1. The lowest BCUT2D eigenvalue weighted by Crippen LogP contribution is -2.15. The first-order chi connectivity index (χ1) is 14.5. The molecule has 30 heavy (non-hydrogen) atoms. The molecule has 0 radical (unpaired) electrons. The molecule has 0 amide bonds. The molecule has 0 unspecified atom stereocenters. The summed E-state index contributed by atoms with van der Waals surface area (Å²) in [6.45, 7) is 0. The highest BCUT2D eigenvalue weighted by atomic mass is 35.5. The molecule has 0 atom stereocenters. The molecule has 0 spiro atoms. The van der Waals surface area contributed by atoms with Gasteiger partial charge in [0.2, 0.25) is 0 Å². The minimum atomic E-state index is -1.07. The zero-order chi connectivity index (χ0) is 21.3. The molecule has 6 nitrogen and oxygen atoms in total. The van der Waals surface area contributed by atoms with Crippen LogP contribution in [0.3, 0.4) is 0 Å². The number of nitrogens with zero attached hydrogens (tertiary/aromatic N) is 2. The average molecular weight is 444 g/mol. The first-order valence-corrected chi connectivity index (χ1v) is 10.3. The maximum Gasteiger partial charge on any atom is 0.337 e. The Morgan fingerprint density at radius 3 is 2.60 bits per heavy atom. The molecule has 154 valence electrons. The van der Waals surface area contributed by atoms with E-state index in [2.05, 4.69) is 15.5 Å². The van der Waals surface area contributed by atoms with Crippen LogP contribution in [0.15, 0.2) is 47.8 Å². The van der Waals surface area contributed by atoms with Crippen molar-refractivity contribution >= 4 is 57.2 Å². The van der Waals surface area contributed by atoms with Crippen molar-refractivity contribution in [1.29, 1.82) is 0 Å². The molecule has 1 heterocycles. The number of rotatable bonds is 4. The zero-order valence-corrected chi connectivity index (χ0v) is 17.4. The Kier molecular flexibility index (Phi) is 5.79. The van der Waals surface area contributed by atoms with Crippen LogP contribution >= 0.6 is 23.2 Å². The minimum Gasteiger partial charge on any atom is -0.478 e. The van der Waals surface area contributed by atoms with Crippen LogP contribution in [0.5, 0.6) is 0 Å². The van der Waals surface area contributed by atoms with E-state index in [9.17, 15) is 9.90 Å². The second-order valence-electron chi connectivity index (χ2n) is 7.28. The first kappa shape index (κ1) is 20.4. The lowest BCUT2D eigenvalue weighted by atomic mass is 9.82. The predicted molar refractivity (Wildman–Crippen MR) is 119 cm³/mol. The van der Waals surface area contributed by atoms with Gasteiger partial charge in [-0.3, -0.25) is 4.98 Å². The topological polar surface area (TPSA) is 94.8 Å². The van der Waals surface area contributed by atoms with Crippen LogP contribution < -0.4 is 5.32 Å². The molecule has 1 aromatic heterocycles. The number of anilines is 2. The number of fused-ring (bicyclic) bond motifs is 1. The van der Waals surface area contributed by atoms with E-state index >= 15 is 0 Å². The van der Waals surface area contributed by atoms with Crippen molar-refractivity contribution in [2.45, 2.75) is 31.6 Å². The molecule has 3 aromatic rings. The quantitative estimate of drug-likeness (QED) is 0.317. The Morgan fingerprint density at radius 2 is 1.90 bits per heavy atom. The maximum absolute atomic E-state index is 11.8. The number of halogens is 2. The van der Waals surface area contributed by atoms with Gasteiger partial charge in [-0.25, -0.2) is 4.79 Å². The van der Waals surface area contributed by atoms with Crippen molar-refractivity contribution in [3.8, 4) is 0 Å². The number of aromatic nitrogens is 1. The van der Waals surface area contributed by atoms with Gasteiger partial charge in [0.1, 0.15) is 0 Å². The fraction of sp³-hybridized carbons (Fsp3) is 0.227. The van der Waals surface area contributed by atoms with E-state index in [1.807, 2.05) is 18.3 Å². The summed E-state index contributed by atoms with van der Waals surface area (Å²) in [6.07, 6.45) is 4.81. The van der Waals surface area contributed by atoms with Gasteiger partial charge in [0, 0.05) is 16.6 Å². The van der Waals surface area contributed by atoms with E-state index < -0.39 is 5.97 Å². The number of para-hydroxylation sites is 1. The van der Waals surface area contributed by atoms with Gasteiger partial charge in [0.25, 0.3) is 0 Å². The van der Waals surface area contributed by atoms with E-state index in [-0.39, 0.29) is 11.5 Å². The molecule has 0 bridgehead atoms. The van der Waals surface area contributed by atoms with Gasteiger partial charge in [0.05, 0.1) is 33.2 Å². The van der Waals surface area contributed by atoms with Crippen molar-refractivity contribution < 1.29 is 15.1 Å². The van der Waals surface area contributed by atoms with Crippen LogP contribution in [0, 0.1) is 0 Å². The summed E-state index contributed by atoms with van der Waals surface area (Å²) in [5, 5.41) is 27.0. The number of hydrogen-bond donors (Lipinski definition) is 3. The Hall–Kier alpha value is -2.83. The van der Waals surface area contributed by atoms with Gasteiger partial charge < -0.3 is 15.6 Å². The van der Waals surface area contributed by atoms with Crippen molar-refractivity contribution in [2.24, 2.45) is 5.16 Å². The summed E-state index contributed by atoms with van der Waals surface area (Å²) in [5.74, 6) is -0.899. The lowest BCUT2D eigenvalue weighted by molar-refractivity contribution is 0.0698. The fourth-order valence-corrected chi connectivity index (χ4v) is 4.34. The van der Waals surface area contributed by atoms with Gasteiger partial charge in [0.15, 0.2) is 0 Å². The maximum atomic E-state index is 11.8. The standard InChI is InChI=1S/C22H19Cl2N3O3/c23-13-6-9-19-16(10-13)20(26-21-15(22(28)29)2-1-3-18(21)24)17(11-25-19)12-4-7-14(27-30)8-5-12/h1-3,6,9-12,30H,4-5,7-8H2,(H,25,26)(H,28,29). The number of carbonyl (C=O) groups is 1. The van der Waals surface area contributed by atoms with Gasteiger partial charge in [-0.15, -0.1) is 0 Å². The highest BCUT2D eigenvalue weighted by molar-refractivity contribution is 6.34. The SMILES string of the molecule is O=C(O)c1cccc(Cl)c1Nc1c(C2CCC(=NO)CC2)cnc2ccc(Cl)cc12. The number of carboxylic acids is 1. The van der Waals surface area contributed by atoms with Crippen LogP contribution in [0.25, 0.3) is 10.9 Å². The van der Waals surface area contributed by atoms with Crippen LogP contribution in [-0.4, -0.2) is 27.0 Å². The molecule has 0 saturated heterocycles. The van der Waals surface area contributed by atoms with E-state index in [1.165, 1.54) is 6.07 Å². The second-order valence-corrected chi connectivity index (χ2v) is 8.13. The molecule has 1 aliphatic carbocycles. The predicted octanol–water partition coefficient (Wildman–Crippen LogP) is 6.47. The minimum absolute atomic E-state index is 0.0822. The summed E-state index contributed by atoms with van der Waals surface area (Å²) in [4.78, 5) is 16.4. The molecule has 1 aliphatic rings. The molecular formula is C22H19Cl2N3O3. The lowest BCUT2D eigenvalue weighted by Gasteiger charge is -2.26. The summed E-state index contributed by atoms with van der Waals surface area (Å²) in [6, 6.07) is 10.2. The highest BCUT2D eigenvalue weighted by Crippen LogP contribution is 2.41. The number of carboxylic acid groups (broad SMARTS) is 1. The fourth-order valence-electron chi connectivity index (χ4n) is 3.95. The highest BCUT2D eigenvalue weighted by Gasteiger charge is 2.25. The third kappa shape index (κ3) is 3.93. The monoisotopic (exact) mass is 443 g/mol. The number of benzene rings is 2. The molecule has 4 rings (SSSR count). The molecule has 2 aromatic carbocycles. The third-order valence-electron chi connectivity index (χ3n) is 5.50. The smallest absolute Gasteiger partial charge is 0.337 e. The Balaban J connectivity index is 1.87. The number of hydrogen-bond acceptors (Lipinski definition) is 5. The van der Waals surface area contributed by atoms with Gasteiger partial charge in [-0.2, -0.15) is 0 Å². The Morgan fingerprint density at radius 1 is 1.13 bits per heavy atom. The van der Waals surface area contributed by atoms with Gasteiger partial charge >= 0.3 is 5.97 Å². The average Bonchev–Trinajstić information content (AvgIpc) is 2.75. The summed E-state index contributed by atoms with van der Waals surface area (Å²) < 4.78 is 0. The van der Waals surface area contributed by atoms with E-state index in [4.69, 9.17) is 28.4 Å². The van der Waals surface area contributed by atoms with Gasteiger partial charge in [-0.1, -0.05) is 34.4 Å². The first-order valence-electron chi connectivity index (χ1n) is 9.54. The molecule has 3 N–H and O–H groups in total. The van der Waals surface area contributed by atoms with Crippen LogP contribution in [0.2, 0.25) is 10.0 Å². The molecule has 0 aliphatic heterocycles. The Labute approximate surface area is 183 Å². The summed E-state index contributed by atoms with van der Waals surface area (Å²) >= 11 is 12.6. The molecule has 1 saturated carbocycles. The van der Waals surface area contributed by atoms with E-state index in [0.717, 1.165) is 40.7 Å². The van der Waals surface area contributed by atoms with Crippen LogP contribution in [0.4, 0.5) is 11.4 Å². The molecule has 8 heteroatoms. The van der Waals surface area contributed by atoms with Crippen molar-refractivity contribution in [2.75, 3.05) is 5.32 Å². The summed E-state index contributed by atoms with van der Waals surface area (Å²) in [5.41, 5.74) is 3.64. The van der Waals surface area contributed by atoms with Crippen LogP contribution in [-0.2, 0) is 0 Å².